The van der Waals surface area contributed by atoms with E-state index >= 15 is 0 Å². The molecule has 2 aromatic carbocycles. The molecule has 2 aliphatic rings. The molecule has 4 rings (SSSR count). The van der Waals surface area contributed by atoms with Crippen molar-refractivity contribution in [2.75, 3.05) is 18.1 Å². The predicted octanol–water partition coefficient (Wildman–Crippen LogP) is 0.684. The Morgan fingerprint density at radius 1 is 1.02 bits per heavy atom. The number of hydrogen-bond acceptors (Lipinski definition) is 8. The summed E-state index contributed by atoms with van der Waals surface area (Å²) in [4.78, 5) is 50.4. The molecule has 0 radical (unpaired) electrons. The van der Waals surface area contributed by atoms with Crippen molar-refractivity contribution >= 4 is 29.4 Å². The van der Waals surface area contributed by atoms with E-state index in [0.717, 1.165) is 23.6 Å². The van der Waals surface area contributed by atoms with E-state index in [1.54, 1.807) is 4.90 Å². The Morgan fingerprint density at radius 2 is 1.71 bits per heavy atom. The molecule has 5 atom stereocenters. The van der Waals surface area contributed by atoms with Crippen molar-refractivity contribution in [3.8, 4) is 11.8 Å². The summed E-state index contributed by atoms with van der Waals surface area (Å²) >= 11 is 0. The molecule has 42 heavy (non-hydrogen) atoms. The number of aliphatic hydroxyl groups excluding tert-OH is 2. The second-order valence-electron chi connectivity index (χ2n) is 9.91. The lowest BCUT2D eigenvalue weighted by Gasteiger charge is -2.39. The van der Waals surface area contributed by atoms with Gasteiger partial charge in [-0.15, -0.1) is 0 Å². The van der Waals surface area contributed by atoms with Gasteiger partial charge in [-0.25, -0.2) is 4.39 Å². The van der Waals surface area contributed by atoms with Gasteiger partial charge in [0.25, 0.3) is 0 Å². The molecule has 4 N–H and O–H groups in total. The number of carbonyl (C=O) groups excluding carboxylic acids is 4. The number of esters is 1. The number of aliphatic hydroxyl groups is 2. The van der Waals surface area contributed by atoms with E-state index in [2.05, 4.69) is 22.5 Å². The second kappa shape index (κ2) is 14.0. The Kier molecular flexibility index (Phi) is 10.2. The summed E-state index contributed by atoms with van der Waals surface area (Å²) in [5, 5.41) is 24.8. The first-order valence-corrected chi connectivity index (χ1v) is 13.5. The van der Waals surface area contributed by atoms with E-state index in [1.165, 1.54) is 0 Å². The van der Waals surface area contributed by atoms with Crippen LogP contribution in [0.1, 0.15) is 42.9 Å². The van der Waals surface area contributed by atoms with E-state index < -0.39 is 55.1 Å². The normalized spacial score (nSPS) is 22.7. The van der Waals surface area contributed by atoms with Crippen LogP contribution in [-0.4, -0.2) is 77.8 Å². The Morgan fingerprint density at radius 3 is 2.48 bits per heavy atom. The average molecular weight is 582 g/mol. The van der Waals surface area contributed by atoms with Gasteiger partial charge >= 0.3 is 5.97 Å². The van der Waals surface area contributed by atoms with Crippen molar-refractivity contribution in [1.29, 1.82) is 0 Å². The third-order valence-corrected chi connectivity index (χ3v) is 6.84. The molecule has 12 heteroatoms. The summed E-state index contributed by atoms with van der Waals surface area (Å²) in [5.74, 6) is 4.19. The molecule has 2 aliphatic heterocycles. The van der Waals surface area contributed by atoms with Crippen LogP contribution >= 0.6 is 0 Å². The fourth-order valence-corrected chi connectivity index (χ4v) is 4.65. The Bertz CT molecular complexity index is 1390. The number of anilines is 1. The number of fused-ring (bicyclic) bond motifs is 2. The highest BCUT2D eigenvalue weighted by Gasteiger charge is 2.46. The van der Waals surface area contributed by atoms with E-state index in [1.807, 2.05) is 48.5 Å². The number of amides is 3. The smallest absolute Gasteiger partial charge is 0.306 e. The highest BCUT2D eigenvalue weighted by Crippen LogP contribution is 2.26. The minimum atomic E-state index is -2.04. The molecule has 0 spiro atoms. The third kappa shape index (κ3) is 7.70. The number of carbonyl (C=O) groups is 4. The van der Waals surface area contributed by atoms with Crippen LogP contribution in [-0.2, 0) is 35.2 Å². The molecular weight excluding hydrogens is 549 g/mol. The summed E-state index contributed by atoms with van der Waals surface area (Å²) < 4.78 is 24.5. The van der Waals surface area contributed by atoms with E-state index in [9.17, 15) is 33.8 Å². The molecule has 0 saturated carbocycles. The van der Waals surface area contributed by atoms with Gasteiger partial charge in [-0.3, -0.25) is 19.2 Å². The fourth-order valence-electron chi connectivity index (χ4n) is 4.65. The molecule has 1 saturated heterocycles. The minimum Gasteiger partial charge on any atom is -0.463 e. The molecule has 1 fully saturated rings. The Labute approximate surface area is 242 Å². The average Bonchev–Trinajstić information content (AvgIpc) is 2.96. The maximum Gasteiger partial charge on any atom is 0.306 e. The highest BCUT2D eigenvalue weighted by atomic mass is 19.1. The third-order valence-electron chi connectivity index (χ3n) is 6.84. The maximum atomic E-state index is 14.5. The van der Waals surface area contributed by atoms with Crippen LogP contribution in [0.3, 0.4) is 0 Å². The summed E-state index contributed by atoms with van der Waals surface area (Å²) in [6.07, 6.45) is -7.52. The zero-order chi connectivity index (χ0) is 30.2. The molecule has 1 unspecified atom stereocenters. The lowest BCUT2D eigenvalue weighted by atomic mass is 9.98. The number of para-hydroxylation sites is 1. The van der Waals surface area contributed by atoms with Crippen LogP contribution in [0.5, 0.6) is 0 Å². The molecule has 222 valence electrons. The van der Waals surface area contributed by atoms with E-state index in [4.69, 9.17) is 9.47 Å². The molecule has 0 aliphatic carbocycles. The molecule has 0 aromatic heterocycles. The Balaban J connectivity index is 1.22. The standard InChI is InChI=1S/C30H32FN3O8/c1-18(35)33-28-29(39)27(31)23(42-30(28)40)17-41-26(38)13-12-24(36)32-15-14-25(37)34-16-21-8-3-2-6-19(21)10-11-20-7-4-5-9-22(20)34/h2-9,23,27-30,39-40H,12-17H2,1H3,(H,32,36)(H,33,35)/t23-,27-,28-,29+,30?/m1/s1. The topological polar surface area (TPSA) is 154 Å². The van der Waals surface area contributed by atoms with Gasteiger partial charge in [0.1, 0.15) is 24.9 Å². The molecule has 0 bridgehead atoms. The van der Waals surface area contributed by atoms with Gasteiger partial charge in [-0.05, 0) is 23.8 Å². The van der Waals surface area contributed by atoms with E-state index in [0.29, 0.717) is 12.2 Å². The predicted molar refractivity (Wildman–Crippen MR) is 147 cm³/mol. The largest absolute Gasteiger partial charge is 0.463 e. The number of ether oxygens (including phenoxy) is 2. The quantitative estimate of drug-likeness (QED) is 0.249. The van der Waals surface area contributed by atoms with Crippen molar-refractivity contribution in [1.82, 2.24) is 10.6 Å². The number of benzene rings is 2. The number of nitrogens with one attached hydrogen (secondary N) is 2. The van der Waals surface area contributed by atoms with Gasteiger partial charge in [0, 0.05) is 37.4 Å². The summed E-state index contributed by atoms with van der Waals surface area (Å²) in [6.45, 7) is 0.900. The van der Waals surface area contributed by atoms with Gasteiger partial charge in [-0.2, -0.15) is 0 Å². The zero-order valence-electron chi connectivity index (χ0n) is 22.9. The summed E-state index contributed by atoms with van der Waals surface area (Å²) in [7, 11) is 0. The lowest BCUT2D eigenvalue weighted by molar-refractivity contribution is -0.242. The second-order valence-corrected chi connectivity index (χ2v) is 9.91. The minimum absolute atomic E-state index is 0.0150. The van der Waals surface area contributed by atoms with E-state index in [-0.39, 0.29) is 31.7 Å². The van der Waals surface area contributed by atoms with Gasteiger partial charge in [0.05, 0.1) is 18.7 Å². The maximum absolute atomic E-state index is 14.5. The monoisotopic (exact) mass is 581 g/mol. The van der Waals surface area contributed by atoms with Gasteiger partial charge in [0.2, 0.25) is 17.7 Å². The lowest BCUT2D eigenvalue weighted by Crippen LogP contribution is -2.62. The first-order chi connectivity index (χ1) is 20.1. The number of nitrogens with zero attached hydrogens (tertiary/aromatic N) is 1. The number of rotatable bonds is 9. The number of alkyl halides is 1. The van der Waals surface area contributed by atoms with Crippen molar-refractivity contribution in [3.05, 3.63) is 65.2 Å². The first-order valence-electron chi connectivity index (χ1n) is 13.5. The van der Waals surface area contributed by atoms with Gasteiger partial charge in [0.15, 0.2) is 12.5 Å². The van der Waals surface area contributed by atoms with Crippen LogP contribution in [0.15, 0.2) is 48.5 Å². The first kappa shape index (κ1) is 30.6. The molecule has 2 heterocycles. The van der Waals surface area contributed by atoms with Crippen molar-refractivity contribution < 1.29 is 43.3 Å². The molecule has 2 aromatic rings. The summed E-state index contributed by atoms with van der Waals surface area (Å²) in [6, 6.07) is 13.6. The fraction of sp³-hybridized carbons (Fsp3) is 0.400. The van der Waals surface area contributed by atoms with Crippen molar-refractivity contribution in [2.24, 2.45) is 0 Å². The van der Waals surface area contributed by atoms with Crippen LogP contribution in [0, 0.1) is 11.8 Å². The zero-order valence-corrected chi connectivity index (χ0v) is 22.9. The molecule has 11 nitrogen and oxygen atoms in total. The van der Waals surface area contributed by atoms with Crippen LogP contribution in [0.4, 0.5) is 10.1 Å². The molecule has 3 amide bonds. The molecular formula is C30H32FN3O8. The SMILES string of the molecule is CC(=O)N[C@H]1C(O)O[C@H](COC(=O)CCC(=O)NCCC(=O)N2Cc3ccccc3C#Cc3ccccc32)[C@@H](F)[C@@H]1O. The van der Waals surface area contributed by atoms with Gasteiger partial charge in [-0.1, -0.05) is 42.2 Å². The summed E-state index contributed by atoms with van der Waals surface area (Å²) in [5.41, 5.74) is 3.15. The highest BCUT2D eigenvalue weighted by molar-refractivity contribution is 5.95. The van der Waals surface area contributed by atoms with Crippen molar-refractivity contribution in [3.63, 3.8) is 0 Å². The van der Waals surface area contributed by atoms with Crippen LogP contribution in [0.25, 0.3) is 0 Å². The van der Waals surface area contributed by atoms with Crippen LogP contribution < -0.4 is 15.5 Å². The number of halogens is 1. The van der Waals surface area contributed by atoms with Crippen LogP contribution in [0.2, 0.25) is 0 Å². The Hall–Kier alpha value is -4.31. The van der Waals surface area contributed by atoms with Gasteiger partial charge < -0.3 is 35.2 Å². The van der Waals surface area contributed by atoms with Crippen molar-refractivity contribution in [2.45, 2.75) is 63.4 Å². The number of hydrogen-bond donors (Lipinski definition) is 4.